The first-order chi connectivity index (χ1) is 14.6. The van der Waals surface area contributed by atoms with E-state index in [9.17, 15) is 9.90 Å². The summed E-state index contributed by atoms with van der Waals surface area (Å²) in [7, 11) is 0. The van der Waals surface area contributed by atoms with Crippen molar-refractivity contribution in [2.75, 3.05) is 26.2 Å². The summed E-state index contributed by atoms with van der Waals surface area (Å²) in [5.41, 5.74) is 3.86. The zero-order valence-corrected chi connectivity index (χ0v) is 17.8. The van der Waals surface area contributed by atoms with E-state index in [4.69, 9.17) is 0 Å². The van der Waals surface area contributed by atoms with Crippen LogP contribution in [0.5, 0.6) is 5.75 Å². The third-order valence-electron chi connectivity index (χ3n) is 6.68. The minimum Gasteiger partial charge on any atom is -0.508 e. The van der Waals surface area contributed by atoms with Crippen molar-refractivity contribution in [3.63, 3.8) is 0 Å². The molecule has 0 aromatic heterocycles. The van der Waals surface area contributed by atoms with Crippen molar-refractivity contribution in [1.82, 2.24) is 9.80 Å². The predicted molar refractivity (Wildman–Crippen MR) is 121 cm³/mol. The van der Waals surface area contributed by atoms with Crippen LogP contribution in [0.3, 0.4) is 0 Å². The summed E-state index contributed by atoms with van der Waals surface area (Å²) >= 11 is 0. The number of hydrogen-bond acceptors (Lipinski definition) is 3. The number of phenols is 1. The zero-order chi connectivity index (χ0) is 20.9. The fourth-order valence-corrected chi connectivity index (χ4v) is 4.70. The lowest BCUT2D eigenvalue weighted by Crippen LogP contribution is -2.50. The Morgan fingerprint density at radius 3 is 2.37 bits per heavy atom. The molecule has 1 atom stereocenters. The largest absolute Gasteiger partial charge is 0.508 e. The van der Waals surface area contributed by atoms with Crippen molar-refractivity contribution in [2.24, 2.45) is 5.92 Å². The van der Waals surface area contributed by atoms with Crippen LogP contribution in [0.25, 0.3) is 5.57 Å². The van der Waals surface area contributed by atoms with E-state index >= 15 is 0 Å². The molecule has 1 fully saturated rings. The maximum absolute atomic E-state index is 13.1. The molecule has 4 heteroatoms. The maximum Gasteiger partial charge on any atom is 0.239 e. The van der Waals surface area contributed by atoms with Crippen LogP contribution in [-0.4, -0.2) is 53.0 Å². The molecule has 0 aliphatic carbocycles. The first-order valence-corrected chi connectivity index (χ1v) is 11.2. The molecule has 2 aromatic rings. The molecule has 0 radical (unpaired) electrons. The van der Waals surface area contributed by atoms with Crippen LogP contribution in [0.1, 0.15) is 37.3 Å². The number of phenolic OH excluding ortho intramolecular Hbond substituents is 1. The van der Waals surface area contributed by atoms with Crippen molar-refractivity contribution in [1.29, 1.82) is 0 Å². The number of likely N-dealkylation sites (tertiary alicyclic amines) is 1. The highest BCUT2D eigenvalue weighted by molar-refractivity contribution is 5.82. The van der Waals surface area contributed by atoms with Gasteiger partial charge in [-0.2, -0.15) is 0 Å². The second kappa shape index (κ2) is 9.48. The Kier molecular flexibility index (Phi) is 6.53. The quantitative estimate of drug-likeness (QED) is 0.806. The summed E-state index contributed by atoms with van der Waals surface area (Å²) in [4.78, 5) is 17.4. The average Bonchev–Trinajstić information content (AvgIpc) is 2.80. The summed E-state index contributed by atoms with van der Waals surface area (Å²) in [5.74, 6) is 1.25. The van der Waals surface area contributed by atoms with E-state index in [1.165, 1.54) is 11.1 Å². The van der Waals surface area contributed by atoms with Gasteiger partial charge in [-0.05, 0) is 67.4 Å². The minimum absolute atomic E-state index is 0.0757. The number of benzene rings is 2. The molecule has 1 N–H and O–H groups in total. The molecular weight excluding hydrogens is 372 g/mol. The molecule has 0 spiro atoms. The lowest BCUT2D eigenvalue weighted by Gasteiger charge is -2.37. The van der Waals surface area contributed by atoms with Crippen LogP contribution in [-0.2, 0) is 11.2 Å². The Bertz CT molecular complexity index is 868. The number of piperidine rings is 1. The van der Waals surface area contributed by atoms with Crippen LogP contribution in [0, 0.1) is 5.92 Å². The zero-order valence-electron chi connectivity index (χ0n) is 17.8. The molecule has 2 heterocycles. The van der Waals surface area contributed by atoms with Crippen LogP contribution < -0.4 is 0 Å². The highest BCUT2D eigenvalue weighted by Crippen LogP contribution is 2.26. The van der Waals surface area contributed by atoms with E-state index < -0.39 is 0 Å². The minimum atomic E-state index is -0.0757. The summed E-state index contributed by atoms with van der Waals surface area (Å²) in [5, 5.41) is 9.48. The van der Waals surface area contributed by atoms with E-state index in [2.05, 4.69) is 53.1 Å². The fraction of sp³-hybridized carbons (Fsp3) is 0.423. The lowest BCUT2D eigenvalue weighted by atomic mass is 9.90. The molecule has 158 valence electrons. The highest BCUT2D eigenvalue weighted by Gasteiger charge is 2.30. The van der Waals surface area contributed by atoms with Gasteiger partial charge in [-0.1, -0.05) is 48.5 Å². The third-order valence-corrected chi connectivity index (χ3v) is 6.68. The molecule has 2 aliphatic heterocycles. The van der Waals surface area contributed by atoms with E-state index in [1.807, 2.05) is 12.1 Å². The first-order valence-electron chi connectivity index (χ1n) is 11.2. The van der Waals surface area contributed by atoms with Gasteiger partial charge in [0, 0.05) is 26.2 Å². The smallest absolute Gasteiger partial charge is 0.239 e. The first kappa shape index (κ1) is 20.7. The van der Waals surface area contributed by atoms with E-state index in [0.29, 0.717) is 11.7 Å². The van der Waals surface area contributed by atoms with Gasteiger partial charge >= 0.3 is 0 Å². The second-order valence-corrected chi connectivity index (χ2v) is 8.66. The Morgan fingerprint density at radius 1 is 1.03 bits per heavy atom. The van der Waals surface area contributed by atoms with Gasteiger partial charge < -0.3 is 10.0 Å². The molecule has 2 aliphatic rings. The van der Waals surface area contributed by atoms with Crippen molar-refractivity contribution in [3.8, 4) is 5.75 Å². The number of hydrogen-bond donors (Lipinski definition) is 1. The lowest BCUT2D eigenvalue weighted by molar-refractivity contribution is -0.137. The molecular formula is C26H32N2O2. The summed E-state index contributed by atoms with van der Waals surface area (Å²) in [6.45, 7) is 5.50. The monoisotopic (exact) mass is 404 g/mol. The second-order valence-electron chi connectivity index (χ2n) is 8.66. The normalized spacial score (nSPS) is 19.4. The van der Waals surface area contributed by atoms with Gasteiger partial charge in [0.05, 0.1) is 6.04 Å². The summed E-state index contributed by atoms with van der Waals surface area (Å²) in [6, 6.07) is 18.0. The predicted octanol–water partition coefficient (Wildman–Crippen LogP) is 4.35. The van der Waals surface area contributed by atoms with Crippen molar-refractivity contribution in [3.05, 3.63) is 71.8 Å². The molecule has 1 amide bonds. The van der Waals surface area contributed by atoms with Crippen LogP contribution in [0.2, 0.25) is 0 Å². The van der Waals surface area contributed by atoms with Crippen molar-refractivity contribution in [2.45, 2.75) is 38.6 Å². The van der Waals surface area contributed by atoms with Gasteiger partial charge in [0.25, 0.3) is 0 Å². The van der Waals surface area contributed by atoms with E-state index in [1.54, 1.807) is 12.1 Å². The molecule has 1 unspecified atom stereocenters. The number of amides is 1. The molecule has 0 bridgehead atoms. The Labute approximate surface area is 179 Å². The Morgan fingerprint density at radius 2 is 1.73 bits per heavy atom. The number of carbonyl (C=O) groups is 1. The van der Waals surface area contributed by atoms with Crippen LogP contribution >= 0.6 is 0 Å². The van der Waals surface area contributed by atoms with E-state index in [-0.39, 0.29) is 11.9 Å². The fourth-order valence-electron chi connectivity index (χ4n) is 4.70. The van der Waals surface area contributed by atoms with Crippen molar-refractivity contribution < 1.29 is 9.90 Å². The highest BCUT2D eigenvalue weighted by atomic mass is 16.3. The number of nitrogens with zero attached hydrogens (tertiary/aromatic N) is 2. The topological polar surface area (TPSA) is 43.8 Å². The van der Waals surface area contributed by atoms with Gasteiger partial charge in [0.2, 0.25) is 5.91 Å². The molecule has 1 saturated heterocycles. The molecule has 30 heavy (non-hydrogen) atoms. The van der Waals surface area contributed by atoms with Crippen LogP contribution in [0.4, 0.5) is 0 Å². The average molecular weight is 405 g/mol. The van der Waals surface area contributed by atoms with Gasteiger partial charge in [-0.3, -0.25) is 9.69 Å². The molecule has 4 rings (SSSR count). The third kappa shape index (κ3) is 4.93. The number of carbonyl (C=O) groups excluding carboxylic acids is 1. The maximum atomic E-state index is 13.1. The summed E-state index contributed by atoms with van der Waals surface area (Å²) in [6.07, 6.45) is 6.47. The van der Waals surface area contributed by atoms with Crippen molar-refractivity contribution >= 4 is 11.5 Å². The molecule has 4 nitrogen and oxygen atoms in total. The van der Waals surface area contributed by atoms with Gasteiger partial charge in [-0.25, -0.2) is 0 Å². The molecule has 2 aromatic carbocycles. The van der Waals surface area contributed by atoms with E-state index in [0.717, 1.165) is 57.4 Å². The Balaban J connectivity index is 1.27. The van der Waals surface area contributed by atoms with Gasteiger partial charge in [-0.15, -0.1) is 0 Å². The van der Waals surface area contributed by atoms with Crippen LogP contribution in [0.15, 0.2) is 60.7 Å². The standard InChI is InChI=1S/C26H32N2O2/c1-20(27-17-13-24(14-18-27)23-7-9-25(29)10-8-23)26(30)28-15-11-22(12-16-28)19-21-5-3-2-4-6-21/h2-10,13,20,22,29H,11-12,14-19H2,1H3. The number of rotatable bonds is 5. The molecule has 0 saturated carbocycles. The van der Waals surface area contributed by atoms with Gasteiger partial charge in [0.1, 0.15) is 5.75 Å². The van der Waals surface area contributed by atoms with Gasteiger partial charge in [0.15, 0.2) is 0 Å². The number of aromatic hydroxyl groups is 1. The SMILES string of the molecule is CC(C(=O)N1CCC(Cc2ccccc2)CC1)N1CC=C(c2ccc(O)cc2)CC1. The Hall–Kier alpha value is -2.59. The summed E-state index contributed by atoms with van der Waals surface area (Å²) < 4.78 is 0.